The third kappa shape index (κ3) is 8.84. The number of benzene rings is 2. The number of piperidine rings is 1. The van der Waals surface area contributed by atoms with Crippen LogP contribution in [0.2, 0.25) is 0 Å². The molecule has 0 saturated carbocycles. The molecule has 2 N–H and O–H groups in total. The summed E-state index contributed by atoms with van der Waals surface area (Å²) in [7, 11) is 0. The molecule has 0 spiro atoms. The van der Waals surface area contributed by atoms with Crippen molar-refractivity contribution in [2.45, 2.75) is 51.1 Å². The molecule has 2 aromatic carbocycles. The molecule has 0 radical (unpaired) electrons. The number of allylic oxidation sites excluding steroid dienone is 2. The first-order valence-electron chi connectivity index (χ1n) is 13.8. The third-order valence-corrected chi connectivity index (χ3v) is 7.36. The number of rotatable bonds is 7. The average molecular weight is 518 g/mol. The fourth-order valence-corrected chi connectivity index (χ4v) is 5.06. The van der Waals surface area contributed by atoms with Crippen molar-refractivity contribution in [1.29, 1.82) is 0 Å². The van der Waals surface area contributed by atoms with Crippen molar-refractivity contribution < 1.29 is 19.1 Å². The minimum Gasteiger partial charge on any atom is -0.463 e. The van der Waals surface area contributed by atoms with Crippen molar-refractivity contribution in [2.75, 3.05) is 26.2 Å². The molecular weight excluding hydrogens is 478 g/mol. The maximum Gasteiger partial charge on any atom is 0.309 e. The fourth-order valence-electron chi connectivity index (χ4n) is 5.06. The summed E-state index contributed by atoms with van der Waals surface area (Å²) < 4.78 is 5.63. The maximum atomic E-state index is 13.0. The first-order valence-corrected chi connectivity index (χ1v) is 13.8. The Hall–Kier alpha value is -3.45. The second-order valence-electron chi connectivity index (χ2n) is 10.3. The molecule has 0 bridgehead atoms. The van der Waals surface area contributed by atoms with Gasteiger partial charge < -0.3 is 15.4 Å². The van der Waals surface area contributed by atoms with Crippen LogP contribution in [0, 0.1) is 11.8 Å². The normalized spacial score (nSPS) is 22.8. The molecule has 1 saturated heterocycles. The minimum atomic E-state index is -0.550. The van der Waals surface area contributed by atoms with E-state index in [4.69, 9.17) is 4.74 Å². The maximum absolute atomic E-state index is 13.0. The van der Waals surface area contributed by atoms with Gasteiger partial charge in [0, 0.05) is 25.9 Å². The van der Waals surface area contributed by atoms with E-state index in [2.05, 4.69) is 39.8 Å². The van der Waals surface area contributed by atoms with Crippen LogP contribution in [0.3, 0.4) is 0 Å². The topological polar surface area (TPSA) is 87.7 Å². The van der Waals surface area contributed by atoms with Crippen molar-refractivity contribution in [3.63, 3.8) is 0 Å². The fraction of sp³-hybridized carbons (Fsp3) is 0.452. The summed E-state index contributed by atoms with van der Waals surface area (Å²) in [6.07, 6.45) is 7.35. The van der Waals surface area contributed by atoms with Crippen LogP contribution >= 0.6 is 0 Å². The van der Waals surface area contributed by atoms with E-state index < -0.39 is 17.9 Å². The minimum absolute atomic E-state index is 0.0397. The lowest BCUT2D eigenvalue weighted by molar-refractivity contribution is -0.151. The van der Waals surface area contributed by atoms with Crippen molar-refractivity contribution in [2.24, 2.45) is 11.8 Å². The molecule has 0 aromatic heterocycles. The highest BCUT2D eigenvalue weighted by Crippen LogP contribution is 2.20. The second-order valence-corrected chi connectivity index (χ2v) is 10.3. The Morgan fingerprint density at radius 3 is 2.42 bits per heavy atom. The van der Waals surface area contributed by atoms with Gasteiger partial charge in [0.1, 0.15) is 6.61 Å². The van der Waals surface area contributed by atoms with Gasteiger partial charge in [-0.05, 0) is 55.8 Å². The molecule has 2 aliphatic heterocycles. The Labute approximate surface area is 225 Å². The number of cyclic esters (lactones) is 1. The Bertz CT molecular complexity index is 1070. The van der Waals surface area contributed by atoms with E-state index in [1.165, 1.54) is 5.56 Å². The molecule has 0 unspecified atom stereocenters. The molecule has 2 amide bonds. The zero-order chi connectivity index (χ0) is 26.6. The monoisotopic (exact) mass is 517 g/mol. The van der Waals surface area contributed by atoms with E-state index >= 15 is 0 Å². The number of esters is 1. The van der Waals surface area contributed by atoms with Crippen LogP contribution in [0.5, 0.6) is 0 Å². The van der Waals surface area contributed by atoms with Gasteiger partial charge in [0.25, 0.3) is 0 Å². The molecule has 7 nitrogen and oxygen atoms in total. The van der Waals surface area contributed by atoms with Crippen molar-refractivity contribution in [3.8, 4) is 0 Å². The Balaban J connectivity index is 1.25. The lowest BCUT2D eigenvalue weighted by Crippen LogP contribution is -2.39. The van der Waals surface area contributed by atoms with E-state index in [9.17, 15) is 14.4 Å². The lowest BCUT2D eigenvalue weighted by atomic mass is 9.95. The molecule has 2 atom stereocenters. The third-order valence-electron chi connectivity index (χ3n) is 7.36. The largest absolute Gasteiger partial charge is 0.463 e. The predicted octanol–water partition coefficient (Wildman–Crippen LogP) is 4.16. The van der Waals surface area contributed by atoms with Gasteiger partial charge in [-0.25, -0.2) is 0 Å². The van der Waals surface area contributed by atoms with E-state index in [0.717, 1.165) is 38.0 Å². The SMILES string of the molecule is O=C(C[C@@H]1C/C=C/CCC(=O)N[C@H](c2ccccc2)COC1=O)NCC1CCN(Cc2ccccc2)CC1. The van der Waals surface area contributed by atoms with Crippen molar-refractivity contribution in [1.82, 2.24) is 15.5 Å². The molecule has 4 rings (SSSR count). The number of amides is 2. The quantitative estimate of drug-likeness (QED) is 0.425. The summed E-state index contributed by atoms with van der Waals surface area (Å²) in [4.78, 5) is 40.6. The lowest BCUT2D eigenvalue weighted by Gasteiger charge is -2.32. The number of likely N-dealkylation sites (tertiary alicyclic amines) is 1. The molecule has 2 aliphatic rings. The molecule has 7 heteroatoms. The van der Waals surface area contributed by atoms with Crippen LogP contribution in [-0.2, 0) is 25.7 Å². The Morgan fingerprint density at radius 2 is 1.68 bits per heavy atom. The smallest absolute Gasteiger partial charge is 0.309 e. The number of hydrogen-bond donors (Lipinski definition) is 2. The van der Waals surface area contributed by atoms with E-state index in [-0.39, 0.29) is 24.8 Å². The zero-order valence-electron chi connectivity index (χ0n) is 22.0. The number of nitrogens with zero attached hydrogens (tertiary/aromatic N) is 1. The summed E-state index contributed by atoms with van der Waals surface area (Å²) >= 11 is 0. The summed E-state index contributed by atoms with van der Waals surface area (Å²) in [6.45, 7) is 3.68. The molecule has 1 fully saturated rings. The predicted molar refractivity (Wildman–Crippen MR) is 147 cm³/mol. The Kier molecular flexibility index (Phi) is 10.5. The van der Waals surface area contributed by atoms with Gasteiger partial charge >= 0.3 is 5.97 Å². The molecule has 38 heavy (non-hydrogen) atoms. The van der Waals surface area contributed by atoms with Gasteiger partial charge in [-0.2, -0.15) is 0 Å². The Morgan fingerprint density at radius 1 is 0.974 bits per heavy atom. The molecule has 2 heterocycles. The summed E-state index contributed by atoms with van der Waals surface area (Å²) in [5.74, 6) is -0.710. The van der Waals surface area contributed by atoms with E-state index in [1.807, 2.05) is 48.6 Å². The van der Waals surface area contributed by atoms with Gasteiger partial charge in [-0.15, -0.1) is 0 Å². The van der Waals surface area contributed by atoms with Crippen LogP contribution in [0.4, 0.5) is 0 Å². The zero-order valence-corrected chi connectivity index (χ0v) is 22.0. The van der Waals surface area contributed by atoms with Gasteiger partial charge in [0.05, 0.1) is 12.0 Å². The van der Waals surface area contributed by atoms with Crippen molar-refractivity contribution >= 4 is 17.8 Å². The number of nitrogens with one attached hydrogen (secondary N) is 2. The summed E-state index contributed by atoms with van der Waals surface area (Å²) in [5.41, 5.74) is 2.21. The highest BCUT2D eigenvalue weighted by molar-refractivity contribution is 5.83. The van der Waals surface area contributed by atoms with Gasteiger partial charge in [-0.1, -0.05) is 72.8 Å². The molecule has 202 valence electrons. The first kappa shape index (κ1) is 27.6. The highest BCUT2D eigenvalue weighted by atomic mass is 16.5. The van der Waals surface area contributed by atoms with Crippen LogP contribution in [0.25, 0.3) is 0 Å². The van der Waals surface area contributed by atoms with Gasteiger partial charge in [-0.3, -0.25) is 19.3 Å². The van der Waals surface area contributed by atoms with Crippen LogP contribution in [-0.4, -0.2) is 48.9 Å². The average Bonchev–Trinajstić information content (AvgIpc) is 2.94. The van der Waals surface area contributed by atoms with E-state index in [0.29, 0.717) is 31.7 Å². The highest BCUT2D eigenvalue weighted by Gasteiger charge is 2.26. The van der Waals surface area contributed by atoms with Crippen LogP contribution < -0.4 is 10.6 Å². The summed E-state index contributed by atoms with van der Waals surface area (Å²) in [5, 5.41) is 6.03. The van der Waals surface area contributed by atoms with Gasteiger partial charge in [0.2, 0.25) is 11.8 Å². The number of carbonyl (C=O) groups excluding carboxylic acids is 3. The van der Waals surface area contributed by atoms with E-state index in [1.54, 1.807) is 0 Å². The number of carbonyl (C=O) groups is 3. The van der Waals surface area contributed by atoms with Crippen LogP contribution in [0.15, 0.2) is 72.8 Å². The molecule has 0 aliphatic carbocycles. The molecular formula is C31H39N3O4. The molecule has 2 aromatic rings. The summed E-state index contributed by atoms with van der Waals surface area (Å²) in [6, 6.07) is 19.6. The van der Waals surface area contributed by atoms with Gasteiger partial charge in [0.15, 0.2) is 0 Å². The van der Waals surface area contributed by atoms with Crippen LogP contribution in [0.1, 0.15) is 55.7 Å². The van der Waals surface area contributed by atoms with Crippen molar-refractivity contribution in [3.05, 3.63) is 83.9 Å². The standard InChI is InChI=1S/C31H39N3O4/c35-29-15-9-3-8-14-27(31(37)38-23-28(33-29)26-12-6-2-7-13-26)20-30(36)32-21-24-16-18-34(19-17-24)22-25-10-4-1-5-11-25/h1-8,10-13,24,27-28H,9,14-23H2,(H,32,36)(H,33,35)/b8-3+/t27-,28-/m0/s1. The first-order chi connectivity index (χ1) is 18.6. The number of ether oxygens (including phenoxy) is 1. The number of hydrogen-bond acceptors (Lipinski definition) is 5. The second kappa shape index (κ2) is 14.5.